The van der Waals surface area contributed by atoms with E-state index in [1.54, 1.807) is 0 Å². The molecule has 1 amide bonds. The minimum absolute atomic E-state index is 0.0935. The molecular weight excluding hydrogens is 446 g/mol. The summed E-state index contributed by atoms with van der Waals surface area (Å²) in [4.78, 5) is 22.9. The first kappa shape index (κ1) is 24.8. The lowest BCUT2D eigenvalue weighted by atomic mass is 9.92. The molecule has 1 saturated carbocycles. The molecule has 0 radical (unpaired) electrons. The third-order valence-corrected chi connectivity index (χ3v) is 7.26. The van der Waals surface area contributed by atoms with Crippen molar-refractivity contribution in [1.29, 1.82) is 0 Å². The number of sulfonamides is 1. The molecule has 0 heterocycles. The zero-order valence-electron chi connectivity index (χ0n) is 18.2. The number of non-ortho nitro benzene ring substituents is 1. The van der Waals surface area contributed by atoms with E-state index in [2.05, 4.69) is 10.0 Å². The van der Waals surface area contributed by atoms with Crippen molar-refractivity contribution in [1.82, 2.24) is 10.0 Å². The summed E-state index contributed by atoms with van der Waals surface area (Å²) >= 11 is 0. The average Bonchev–Trinajstić information content (AvgIpc) is 3.31. The van der Waals surface area contributed by atoms with Crippen molar-refractivity contribution in [2.45, 2.75) is 55.6 Å². The Labute approximate surface area is 193 Å². The van der Waals surface area contributed by atoms with Gasteiger partial charge >= 0.3 is 0 Å². The van der Waals surface area contributed by atoms with Crippen molar-refractivity contribution in [3.05, 3.63) is 70.3 Å². The second kappa shape index (κ2) is 11.4. The number of benzene rings is 2. The zero-order chi connectivity index (χ0) is 23.8. The fraction of sp³-hybridized carbons (Fsp3) is 0.435. The van der Waals surface area contributed by atoms with Crippen LogP contribution in [0.25, 0.3) is 0 Å². The first-order valence-electron chi connectivity index (χ1n) is 11.0. The molecule has 3 rings (SSSR count). The summed E-state index contributed by atoms with van der Waals surface area (Å²) in [5.41, 5.74) is 0.744. The van der Waals surface area contributed by atoms with Gasteiger partial charge in [0.2, 0.25) is 15.9 Å². The number of aliphatic hydroxyl groups is 1. The van der Waals surface area contributed by atoms with E-state index in [-0.39, 0.29) is 35.5 Å². The summed E-state index contributed by atoms with van der Waals surface area (Å²) in [6.45, 7) is -0.276. The molecule has 0 spiro atoms. The molecule has 1 aliphatic rings. The van der Waals surface area contributed by atoms with Crippen LogP contribution in [0.5, 0.6) is 0 Å². The monoisotopic (exact) mass is 475 g/mol. The van der Waals surface area contributed by atoms with Crippen LogP contribution < -0.4 is 10.0 Å². The number of hydrogen-bond donors (Lipinski definition) is 3. The molecule has 2 aromatic carbocycles. The van der Waals surface area contributed by atoms with E-state index in [1.165, 1.54) is 0 Å². The Bertz CT molecular complexity index is 1040. The van der Waals surface area contributed by atoms with Gasteiger partial charge in [-0.25, -0.2) is 13.1 Å². The fourth-order valence-electron chi connectivity index (χ4n) is 4.02. The molecule has 178 valence electrons. The number of rotatable bonds is 11. The van der Waals surface area contributed by atoms with Gasteiger partial charge in [-0.1, -0.05) is 43.2 Å². The number of aliphatic hydroxyl groups excluding tert-OH is 1. The Balaban J connectivity index is 1.62. The highest BCUT2D eigenvalue weighted by atomic mass is 32.2. The number of nitrogens with zero attached hydrogens (tertiary/aromatic N) is 1. The summed E-state index contributed by atoms with van der Waals surface area (Å²) in [6, 6.07) is 14.1. The van der Waals surface area contributed by atoms with Gasteiger partial charge in [0.25, 0.3) is 5.69 Å². The molecule has 0 unspecified atom stereocenters. The molecule has 0 bridgehead atoms. The van der Waals surface area contributed by atoms with Gasteiger partial charge in [-0.05, 0) is 43.4 Å². The van der Waals surface area contributed by atoms with Crippen LogP contribution in [-0.4, -0.2) is 43.0 Å². The van der Waals surface area contributed by atoms with Gasteiger partial charge in [0.15, 0.2) is 0 Å². The first-order chi connectivity index (χ1) is 15.7. The van der Waals surface area contributed by atoms with Gasteiger partial charge in [0.05, 0.1) is 15.9 Å². The second-order valence-corrected chi connectivity index (χ2v) is 10.1. The lowest BCUT2D eigenvalue weighted by Gasteiger charge is -2.22. The first-order valence-corrected chi connectivity index (χ1v) is 12.5. The minimum atomic E-state index is -3.96. The van der Waals surface area contributed by atoms with Gasteiger partial charge in [-0.3, -0.25) is 14.9 Å². The molecule has 3 N–H and O–H groups in total. The predicted molar refractivity (Wildman–Crippen MR) is 123 cm³/mol. The van der Waals surface area contributed by atoms with Crippen molar-refractivity contribution in [3.8, 4) is 0 Å². The summed E-state index contributed by atoms with van der Waals surface area (Å²) in [5.74, 6) is -0.644. The highest BCUT2D eigenvalue weighted by molar-refractivity contribution is 7.89. The van der Waals surface area contributed by atoms with Crippen LogP contribution in [-0.2, 0) is 21.2 Å². The number of nitrogens with one attached hydrogen (secondary N) is 2. The lowest BCUT2D eigenvalue weighted by molar-refractivity contribution is -0.384. The van der Waals surface area contributed by atoms with Crippen LogP contribution in [0.4, 0.5) is 5.69 Å². The highest BCUT2D eigenvalue weighted by Crippen LogP contribution is 2.21. The van der Waals surface area contributed by atoms with Gasteiger partial charge in [-0.15, -0.1) is 0 Å². The van der Waals surface area contributed by atoms with Crippen LogP contribution in [0.3, 0.4) is 0 Å². The second-order valence-electron chi connectivity index (χ2n) is 8.37. The maximum Gasteiger partial charge on any atom is 0.269 e. The van der Waals surface area contributed by atoms with Gasteiger partial charge in [0.1, 0.15) is 0 Å². The van der Waals surface area contributed by atoms with Crippen LogP contribution in [0.1, 0.15) is 37.7 Å². The van der Waals surface area contributed by atoms with Crippen molar-refractivity contribution in [2.24, 2.45) is 5.92 Å². The lowest BCUT2D eigenvalue weighted by Crippen LogP contribution is -2.41. The van der Waals surface area contributed by atoms with Crippen molar-refractivity contribution in [3.63, 3.8) is 0 Å². The largest absolute Gasteiger partial charge is 0.392 e. The minimum Gasteiger partial charge on any atom is -0.392 e. The normalized spacial score (nSPS) is 16.3. The smallest absolute Gasteiger partial charge is 0.269 e. The molecule has 1 fully saturated rings. The highest BCUT2D eigenvalue weighted by Gasteiger charge is 2.27. The standard InChI is InChI=1S/C23H29N3O6S/c27-21(16-24-33(31,32)22-12-10-20(11-13-22)26(29)30)15-18(14-17-6-2-1-3-7-17)23(28)25-19-8-4-5-9-19/h1-3,6-7,10-13,18-19,21,24,27H,4-5,8-9,14-16H2,(H,25,28)/t18-,21+/m1/s1. The van der Waals surface area contributed by atoms with E-state index in [9.17, 15) is 28.4 Å². The maximum atomic E-state index is 12.9. The number of nitro benzene ring substituents is 1. The number of carbonyl (C=O) groups is 1. The van der Waals surface area contributed by atoms with Gasteiger partial charge < -0.3 is 10.4 Å². The quantitative estimate of drug-likeness (QED) is 0.337. The van der Waals surface area contributed by atoms with Crippen LogP contribution >= 0.6 is 0 Å². The number of nitro groups is 1. The third kappa shape index (κ3) is 7.34. The van der Waals surface area contributed by atoms with Crippen molar-refractivity contribution >= 4 is 21.6 Å². The molecule has 0 aromatic heterocycles. The predicted octanol–water partition coefficient (Wildman–Crippen LogP) is 2.54. The summed E-state index contributed by atoms with van der Waals surface area (Å²) < 4.78 is 27.3. The molecule has 10 heteroatoms. The van der Waals surface area contributed by atoms with Crippen LogP contribution in [0.2, 0.25) is 0 Å². The Morgan fingerprint density at radius 3 is 2.33 bits per heavy atom. The summed E-state index contributed by atoms with van der Waals surface area (Å²) in [6.07, 6.45) is 3.51. The van der Waals surface area contributed by atoms with Gasteiger partial charge in [-0.2, -0.15) is 0 Å². The Morgan fingerprint density at radius 1 is 1.09 bits per heavy atom. The Hall–Kier alpha value is -2.82. The number of carbonyl (C=O) groups excluding carboxylic acids is 1. The van der Waals surface area contributed by atoms with E-state index >= 15 is 0 Å². The third-order valence-electron chi connectivity index (χ3n) is 5.82. The van der Waals surface area contributed by atoms with Crippen molar-refractivity contribution in [2.75, 3.05) is 6.54 Å². The average molecular weight is 476 g/mol. The Kier molecular flexibility index (Phi) is 8.54. The summed E-state index contributed by atoms with van der Waals surface area (Å²) in [5, 5.41) is 24.4. The molecule has 0 saturated heterocycles. The molecule has 2 atom stereocenters. The molecular formula is C23H29N3O6S. The van der Waals surface area contributed by atoms with Crippen LogP contribution in [0, 0.1) is 16.0 Å². The summed E-state index contributed by atoms with van der Waals surface area (Å²) in [7, 11) is -3.96. The van der Waals surface area contributed by atoms with Gasteiger partial charge in [0, 0.05) is 30.6 Å². The number of hydrogen-bond acceptors (Lipinski definition) is 6. The molecule has 33 heavy (non-hydrogen) atoms. The van der Waals surface area contributed by atoms with E-state index in [0.29, 0.717) is 6.42 Å². The maximum absolute atomic E-state index is 12.9. The topological polar surface area (TPSA) is 139 Å². The van der Waals surface area contributed by atoms with Crippen molar-refractivity contribution < 1.29 is 23.2 Å². The van der Waals surface area contributed by atoms with E-state index in [1.807, 2.05) is 30.3 Å². The fourth-order valence-corrected chi connectivity index (χ4v) is 5.09. The van der Waals surface area contributed by atoms with E-state index in [0.717, 1.165) is 55.5 Å². The SMILES string of the molecule is O=C(NC1CCCC1)[C@H](Cc1ccccc1)C[C@H](O)CNS(=O)(=O)c1ccc([N+](=O)[O-])cc1. The molecule has 0 aliphatic heterocycles. The number of amides is 1. The Morgan fingerprint density at radius 2 is 1.73 bits per heavy atom. The molecule has 2 aromatic rings. The van der Waals surface area contributed by atoms with E-state index in [4.69, 9.17) is 0 Å². The zero-order valence-corrected chi connectivity index (χ0v) is 19.0. The van der Waals surface area contributed by atoms with E-state index < -0.39 is 27.0 Å². The molecule has 9 nitrogen and oxygen atoms in total. The molecule has 1 aliphatic carbocycles. The van der Waals surface area contributed by atoms with Crippen LogP contribution in [0.15, 0.2) is 59.5 Å².